The first-order valence-electron chi connectivity index (χ1n) is 7.37. The summed E-state index contributed by atoms with van der Waals surface area (Å²) in [4.78, 5) is 24.3. The van der Waals surface area contributed by atoms with Gasteiger partial charge >= 0.3 is 6.09 Å². The molecule has 24 heavy (non-hydrogen) atoms. The Balaban J connectivity index is 2.17. The molecule has 7 heteroatoms. The van der Waals surface area contributed by atoms with Gasteiger partial charge in [-0.25, -0.2) is 4.79 Å². The van der Waals surface area contributed by atoms with Crippen molar-refractivity contribution in [3.05, 3.63) is 60.2 Å². The molecule has 0 fully saturated rings. The maximum absolute atomic E-state index is 12.6. The number of carbonyl (C=O) groups excluding carboxylic acids is 2. The molecular weight excluding hydrogens is 310 g/mol. The van der Waals surface area contributed by atoms with Gasteiger partial charge in [-0.05, 0) is 12.1 Å². The smallest absolute Gasteiger partial charge is 0.408 e. The number of para-hydroxylation sites is 2. The average Bonchev–Trinajstić information content (AvgIpc) is 2.60. The van der Waals surface area contributed by atoms with Gasteiger partial charge in [-0.2, -0.15) is 0 Å². The van der Waals surface area contributed by atoms with Gasteiger partial charge in [-0.1, -0.05) is 42.5 Å². The van der Waals surface area contributed by atoms with E-state index in [1.165, 1.54) is 0 Å². The Kier molecular flexibility index (Phi) is 6.16. The number of rotatable bonds is 6. The number of alkyl carbamates (subject to hydrolysis) is 1. The van der Waals surface area contributed by atoms with E-state index < -0.39 is 18.1 Å². The SMILES string of the molecule is Nc1ccccc1NC(=O)C(OC(=O)NCCO)c1ccccc1. The zero-order valence-corrected chi connectivity index (χ0v) is 12.9. The van der Waals surface area contributed by atoms with Crippen molar-refractivity contribution in [3.63, 3.8) is 0 Å². The fraction of sp³-hybridized carbons (Fsp3) is 0.176. The third kappa shape index (κ3) is 4.72. The minimum Gasteiger partial charge on any atom is -0.431 e. The number of nitrogen functional groups attached to an aromatic ring is 1. The summed E-state index contributed by atoms with van der Waals surface area (Å²) in [6.07, 6.45) is -1.95. The molecule has 0 bridgehead atoms. The topological polar surface area (TPSA) is 114 Å². The van der Waals surface area contributed by atoms with Crippen molar-refractivity contribution in [2.45, 2.75) is 6.10 Å². The highest BCUT2D eigenvalue weighted by Crippen LogP contribution is 2.22. The van der Waals surface area contributed by atoms with Crippen LogP contribution in [-0.4, -0.2) is 30.3 Å². The van der Waals surface area contributed by atoms with Crippen molar-refractivity contribution in [2.75, 3.05) is 24.2 Å². The van der Waals surface area contributed by atoms with Crippen LogP contribution < -0.4 is 16.4 Å². The molecule has 2 rings (SSSR count). The van der Waals surface area contributed by atoms with Gasteiger partial charge in [0.1, 0.15) is 0 Å². The second-order valence-electron chi connectivity index (χ2n) is 4.92. The third-order valence-electron chi connectivity index (χ3n) is 3.17. The number of nitrogens with two attached hydrogens (primary N) is 1. The van der Waals surface area contributed by atoms with Crippen LogP contribution in [-0.2, 0) is 9.53 Å². The molecule has 0 spiro atoms. The van der Waals surface area contributed by atoms with Crippen molar-refractivity contribution >= 4 is 23.4 Å². The van der Waals surface area contributed by atoms with Crippen molar-refractivity contribution in [1.82, 2.24) is 5.32 Å². The maximum Gasteiger partial charge on any atom is 0.408 e. The molecule has 0 heterocycles. The van der Waals surface area contributed by atoms with Gasteiger partial charge in [0.05, 0.1) is 18.0 Å². The lowest BCUT2D eigenvalue weighted by molar-refractivity contribution is -0.124. The highest BCUT2D eigenvalue weighted by atomic mass is 16.6. The number of benzene rings is 2. The van der Waals surface area contributed by atoms with E-state index in [2.05, 4.69) is 10.6 Å². The molecule has 7 nitrogen and oxygen atoms in total. The van der Waals surface area contributed by atoms with E-state index in [9.17, 15) is 9.59 Å². The summed E-state index contributed by atoms with van der Waals surface area (Å²) in [5.74, 6) is -0.529. The molecule has 0 aromatic heterocycles. The standard InChI is InChI=1S/C17H19N3O4/c18-13-8-4-5-9-14(13)20-16(22)15(12-6-2-1-3-7-12)24-17(23)19-10-11-21/h1-9,15,21H,10-11,18H2,(H,19,23)(H,20,22). The minimum absolute atomic E-state index is 0.0353. The van der Waals surface area contributed by atoms with E-state index >= 15 is 0 Å². The Morgan fingerprint density at radius 3 is 2.42 bits per heavy atom. The number of carbonyl (C=O) groups is 2. The van der Waals surface area contributed by atoms with E-state index in [1.54, 1.807) is 54.6 Å². The second kappa shape index (κ2) is 8.54. The van der Waals surface area contributed by atoms with E-state index in [4.69, 9.17) is 15.6 Å². The molecule has 2 aromatic rings. The molecule has 126 valence electrons. The Hall–Kier alpha value is -3.06. The summed E-state index contributed by atoms with van der Waals surface area (Å²) < 4.78 is 5.20. The maximum atomic E-state index is 12.6. The predicted octanol–water partition coefficient (Wildman–Crippen LogP) is 1.67. The van der Waals surface area contributed by atoms with Crippen molar-refractivity contribution < 1.29 is 19.4 Å². The number of aliphatic hydroxyl groups excluding tert-OH is 1. The summed E-state index contributed by atoms with van der Waals surface area (Å²) in [5.41, 5.74) is 7.17. The van der Waals surface area contributed by atoms with Crippen LogP contribution in [0.2, 0.25) is 0 Å². The highest BCUT2D eigenvalue weighted by molar-refractivity contribution is 5.98. The molecular formula is C17H19N3O4. The first-order valence-corrected chi connectivity index (χ1v) is 7.37. The first-order chi connectivity index (χ1) is 11.6. The lowest BCUT2D eigenvalue weighted by atomic mass is 10.1. The summed E-state index contributed by atoms with van der Waals surface area (Å²) in [6, 6.07) is 15.4. The van der Waals surface area contributed by atoms with Crippen LogP contribution in [0, 0.1) is 0 Å². The molecule has 5 N–H and O–H groups in total. The normalized spacial score (nSPS) is 11.4. The van der Waals surface area contributed by atoms with E-state index in [-0.39, 0.29) is 13.2 Å². The van der Waals surface area contributed by atoms with Gasteiger partial charge in [0.15, 0.2) is 0 Å². The molecule has 0 saturated heterocycles. The fourth-order valence-electron chi connectivity index (χ4n) is 2.02. The Labute approximate surface area is 139 Å². The van der Waals surface area contributed by atoms with Crippen molar-refractivity contribution in [2.24, 2.45) is 0 Å². The molecule has 0 aliphatic rings. The number of aliphatic hydroxyl groups is 1. The zero-order valence-electron chi connectivity index (χ0n) is 12.9. The molecule has 1 atom stereocenters. The Morgan fingerprint density at radius 2 is 1.75 bits per heavy atom. The summed E-state index contributed by atoms with van der Waals surface area (Å²) in [5, 5.41) is 13.7. The first kappa shape index (κ1) is 17.3. The van der Waals surface area contributed by atoms with Crippen LogP contribution in [0.5, 0.6) is 0 Å². The number of hydrogen-bond donors (Lipinski definition) is 4. The average molecular weight is 329 g/mol. The van der Waals surface area contributed by atoms with Gasteiger partial charge in [-0.15, -0.1) is 0 Å². The Morgan fingerprint density at radius 1 is 1.08 bits per heavy atom. The minimum atomic E-state index is -1.15. The number of ether oxygens (including phenoxy) is 1. The summed E-state index contributed by atoms with van der Waals surface area (Å²) in [7, 11) is 0. The van der Waals surface area contributed by atoms with E-state index in [0.29, 0.717) is 16.9 Å². The molecule has 0 radical (unpaired) electrons. The van der Waals surface area contributed by atoms with Crippen LogP contribution in [0.15, 0.2) is 54.6 Å². The fourth-order valence-corrected chi connectivity index (χ4v) is 2.02. The van der Waals surface area contributed by atoms with E-state index in [1.807, 2.05) is 0 Å². The number of nitrogens with one attached hydrogen (secondary N) is 2. The van der Waals surface area contributed by atoms with Crippen molar-refractivity contribution in [1.29, 1.82) is 0 Å². The van der Waals surface area contributed by atoms with Crippen molar-refractivity contribution in [3.8, 4) is 0 Å². The van der Waals surface area contributed by atoms with E-state index in [0.717, 1.165) is 0 Å². The lowest BCUT2D eigenvalue weighted by Crippen LogP contribution is -2.32. The van der Waals surface area contributed by atoms with Crippen LogP contribution in [0.3, 0.4) is 0 Å². The molecule has 0 aliphatic heterocycles. The predicted molar refractivity (Wildman–Crippen MR) is 90.2 cm³/mol. The molecule has 2 amide bonds. The van der Waals surface area contributed by atoms with Gasteiger partial charge in [0.25, 0.3) is 5.91 Å². The van der Waals surface area contributed by atoms with Crippen LogP contribution in [0.1, 0.15) is 11.7 Å². The number of amides is 2. The number of hydrogen-bond acceptors (Lipinski definition) is 5. The van der Waals surface area contributed by atoms with Gasteiger partial charge in [0, 0.05) is 12.1 Å². The second-order valence-corrected chi connectivity index (χ2v) is 4.92. The largest absolute Gasteiger partial charge is 0.431 e. The van der Waals surface area contributed by atoms with Crippen LogP contribution >= 0.6 is 0 Å². The van der Waals surface area contributed by atoms with Gasteiger partial charge in [0.2, 0.25) is 6.10 Å². The Bertz CT molecular complexity index is 691. The third-order valence-corrected chi connectivity index (χ3v) is 3.17. The van der Waals surface area contributed by atoms with Crippen LogP contribution in [0.4, 0.5) is 16.2 Å². The van der Waals surface area contributed by atoms with Gasteiger partial charge < -0.3 is 26.2 Å². The van der Waals surface area contributed by atoms with Crippen LogP contribution in [0.25, 0.3) is 0 Å². The van der Waals surface area contributed by atoms with Gasteiger partial charge in [-0.3, -0.25) is 4.79 Å². The zero-order chi connectivity index (χ0) is 17.4. The summed E-state index contributed by atoms with van der Waals surface area (Å²) in [6.45, 7) is -0.189. The lowest BCUT2D eigenvalue weighted by Gasteiger charge is -2.18. The molecule has 0 aliphatic carbocycles. The molecule has 2 aromatic carbocycles. The highest BCUT2D eigenvalue weighted by Gasteiger charge is 2.25. The summed E-state index contributed by atoms with van der Waals surface area (Å²) >= 11 is 0. The molecule has 1 unspecified atom stereocenters. The quantitative estimate of drug-likeness (QED) is 0.602. The number of anilines is 2. The molecule has 0 saturated carbocycles. The monoisotopic (exact) mass is 329 g/mol.